The van der Waals surface area contributed by atoms with Crippen LogP contribution < -0.4 is 5.32 Å². The monoisotopic (exact) mass is 206 g/mol. The van der Waals surface area contributed by atoms with Gasteiger partial charge in [-0.25, -0.2) is 9.97 Å². The lowest BCUT2D eigenvalue weighted by molar-refractivity contribution is 0.235. The van der Waals surface area contributed by atoms with E-state index in [1.165, 1.54) is 0 Å². The first-order valence-electron chi connectivity index (χ1n) is 5.39. The Labute approximate surface area is 90.7 Å². The van der Waals surface area contributed by atoms with Crippen LogP contribution in [-0.2, 0) is 0 Å². The Bertz CT molecular complexity index is 330. The molecule has 2 rings (SSSR count). The predicted molar refractivity (Wildman–Crippen MR) is 59.7 cm³/mol. The molecule has 0 aliphatic carbocycles. The summed E-state index contributed by atoms with van der Waals surface area (Å²) >= 11 is 0. The van der Waals surface area contributed by atoms with Gasteiger partial charge < -0.3 is 10.2 Å². The van der Waals surface area contributed by atoms with E-state index in [9.17, 15) is 0 Å². The molecule has 1 atom stereocenters. The first-order valence-corrected chi connectivity index (χ1v) is 5.39. The van der Waals surface area contributed by atoms with Gasteiger partial charge in [0.25, 0.3) is 0 Å². The molecule has 1 aromatic heterocycles. The molecule has 1 saturated heterocycles. The van der Waals surface area contributed by atoms with Crippen LogP contribution in [0.5, 0.6) is 0 Å². The molecule has 82 valence electrons. The number of nitrogens with zero attached hydrogens (tertiary/aromatic N) is 3. The minimum Gasteiger partial charge on any atom is -0.305 e. The number of aryl methyl sites for hydroxylation is 2. The van der Waals surface area contributed by atoms with Crippen LogP contribution in [0.1, 0.15) is 23.3 Å². The third kappa shape index (κ3) is 2.52. The van der Waals surface area contributed by atoms with Crippen LogP contribution in [0.25, 0.3) is 0 Å². The Morgan fingerprint density at radius 1 is 1.33 bits per heavy atom. The quantitative estimate of drug-likeness (QED) is 0.733. The standard InChI is InChI=1S/C11H18N4/c1-8-6-9(2)14-11(13-8)10-7-15(3)5-4-12-10/h6,10,12H,4-5,7H2,1-3H3. The SMILES string of the molecule is Cc1cc(C)nc(C2CN(C)CCN2)n1. The molecule has 4 heteroatoms. The van der Waals surface area contributed by atoms with Crippen molar-refractivity contribution in [2.45, 2.75) is 19.9 Å². The zero-order chi connectivity index (χ0) is 10.8. The van der Waals surface area contributed by atoms with E-state index in [0.717, 1.165) is 36.8 Å². The summed E-state index contributed by atoms with van der Waals surface area (Å²) in [6, 6.07) is 2.29. The first kappa shape index (κ1) is 10.5. The van der Waals surface area contributed by atoms with Gasteiger partial charge in [0.1, 0.15) is 5.82 Å². The molecular weight excluding hydrogens is 188 g/mol. The number of aromatic nitrogens is 2. The fraction of sp³-hybridized carbons (Fsp3) is 0.636. The molecule has 1 aromatic rings. The van der Waals surface area contributed by atoms with Crippen molar-refractivity contribution in [1.29, 1.82) is 0 Å². The van der Waals surface area contributed by atoms with Crippen molar-refractivity contribution in [3.8, 4) is 0 Å². The highest BCUT2D eigenvalue weighted by Crippen LogP contribution is 2.13. The number of hydrogen-bond donors (Lipinski definition) is 1. The van der Waals surface area contributed by atoms with Crippen LogP contribution >= 0.6 is 0 Å². The van der Waals surface area contributed by atoms with Gasteiger partial charge in [0.2, 0.25) is 0 Å². The number of nitrogens with one attached hydrogen (secondary N) is 1. The summed E-state index contributed by atoms with van der Waals surface area (Å²) in [5, 5.41) is 3.45. The molecule has 2 heterocycles. The van der Waals surface area contributed by atoms with Crippen molar-refractivity contribution in [2.75, 3.05) is 26.7 Å². The molecule has 0 radical (unpaired) electrons. The molecule has 1 fully saturated rings. The Hall–Kier alpha value is -1.00. The maximum atomic E-state index is 4.49. The van der Waals surface area contributed by atoms with Crippen LogP contribution in [0.4, 0.5) is 0 Å². The average Bonchev–Trinajstić information content (AvgIpc) is 2.16. The Morgan fingerprint density at radius 3 is 2.60 bits per heavy atom. The van der Waals surface area contributed by atoms with Gasteiger partial charge in [0.05, 0.1) is 6.04 Å². The lowest BCUT2D eigenvalue weighted by Crippen LogP contribution is -2.44. The van der Waals surface area contributed by atoms with Crippen molar-refractivity contribution in [2.24, 2.45) is 0 Å². The van der Waals surface area contributed by atoms with Crippen molar-refractivity contribution in [3.05, 3.63) is 23.3 Å². The molecule has 1 unspecified atom stereocenters. The molecular formula is C11H18N4. The van der Waals surface area contributed by atoms with Crippen LogP contribution in [0, 0.1) is 13.8 Å². The number of hydrogen-bond acceptors (Lipinski definition) is 4. The van der Waals surface area contributed by atoms with Crippen LogP contribution in [0.2, 0.25) is 0 Å². The molecule has 0 bridgehead atoms. The third-order valence-corrected chi connectivity index (χ3v) is 2.69. The van der Waals surface area contributed by atoms with E-state index in [0.29, 0.717) is 0 Å². The van der Waals surface area contributed by atoms with Gasteiger partial charge in [-0.1, -0.05) is 0 Å². The maximum Gasteiger partial charge on any atom is 0.147 e. The van der Waals surface area contributed by atoms with Crippen molar-refractivity contribution >= 4 is 0 Å². The molecule has 0 saturated carbocycles. The van der Waals surface area contributed by atoms with Crippen molar-refractivity contribution in [3.63, 3.8) is 0 Å². The molecule has 1 aliphatic heterocycles. The maximum absolute atomic E-state index is 4.49. The molecule has 1 aliphatic rings. The summed E-state index contributed by atoms with van der Waals surface area (Å²) in [4.78, 5) is 11.3. The molecule has 15 heavy (non-hydrogen) atoms. The zero-order valence-corrected chi connectivity index (χ0v) is 9.62. The number of rotatable bonds is 1. The first-order chi connectivity index (χ1) is 7.15. The molecule has 1 N–H and O–H groups in total. The van der Waals surface area contributed by atoms with Gasteiger partial charge in [-0.15, -0.1) is 0 Å². The summed E-state index contributed by atoms with van der Waals surface area (Å²) in [6.07, 6.45) is 0. The highest BCUT2D eigenvalue weighted by atomic mass is 15.2. The largest absolute Gasteiger partial charge is 0.305 e. The fourth-order valence-corrected chi connectivity index (χ4v) is 1.98. The Kier molecular flexibility index (Phi) is 2.98. The van der Waals surface area contributed by atoms with E-state index in [1.54, 1.807) is 0 Å². The summed E-state index contributed by atoms with van der Waals surface area (Å²) in [6.45, 7) is 7.14. The summed E-state index contributed by atoms with van der Waals surface area (Å²) < 4.78 is 0. The lowest BCUT2D eigenvalue weighted by Gasteiger charge is -2.30. The molecule has 0 aromatic carbocycles. The predicted octanol–water partition coefficient (Wildman–Crippen LogP) is 0.670. The van der Waals surface area contributed by atoms with Gasteiger partial charge in [0.15, 0.2) is 0 Å². The van der Waals surface area contributed by atoms with E-state index in [2.05, 4.69) is 27.2 Å². The summed E-state index contributed by atoms with van der Waals surface area (Å²) in [7, 11) is 2.14. The minimum absolute atomic E-state index is 0.280. The highest BCUT2D eigenvalue weighted by molar-refractivity contribution is 5.11. The second kappa shape index (κ2) is 4.24. The van der Waals surface area contributed by atoms with E-state index in [1.807, 2.05) is 19.9 Å². The van der Waals surface area contributed by atoms with Crippen LogP contribution in [-0.4, -0.2) is 41.5 Å². The third-order valence-electron chi connectivity index (χ3n) is 2.69. The van der Waals surface area contributed by atoms with Gasteiger partial charge in [0, 0.05) is 31.0 Å². The molecule has 0 spiro atoms. The highest BCUT2D eigenvalue weighted by Gasteiger charge is 2.20. The Morgan fingerprint density at radius 2 is 2.00 bits per heavy atom. The van der Waals surface area contributed by atoms with E-state index in [4.69, 9.17) is 0 Å². The molecule has 4 nitrogen and oxygen atoms in total. The smallest absolute Gasteiger partial charge is 0.147 e. The number of likely N-dealkylation sites (N-methyl/N-ethyl adjacent to an activating group) is 1. The summed E-state index contributed by atoms with van der Waals surface area (Å²) in [5.41, 5.74) is 2.10. The van der Waals surface area contributed by atoms with E-state index < -0.39 is 0 Å². The van der Waals surface area contributed by atoms with Gasteiger partial charge in [-0.2, -0.15) is 0 Å². The summed E-state index contributed by atoms with van der Waals surface area (Å²) in [5.74, 6) is 0.930. The Balaban J connectivity index is 2.20. The second-order valence-electron chi connectivity index (χ2n) is 4.28. The van der Waals surface area contributed by atoms with Gasteiger partial charge >= 0.3 is 0 Å². The van der Waals surface area contributed by atoms with Crippen LogP contribution in [0.15, 0.2) is 6.07 Å². The topological polar surface area (TPSA) is 41.1 Å². The van der Waals surface area contributed by atoms with Crippen LogP contribution in [0.3, 0.4) is 0 Å². The van der Waals surface area contributed by atoms with Gasteiger partial charge in [-0.3, -0.25) is 0 Å². The van der Waals surface area contributed by atoms with Crippen molar-refractivity contribution < 1.29 is 0 Å². The molecule has 0 amide bonds. The number of piperazine rings is 1. The second-order valence-corrected chi connectivity index (χ2v) is 4.28. The zero-order valence-electron chi connectivity index (χ0n) is 9.62. The lowest BCUT2D eigenvalue weighted by atomic mass is 10.2. The fourth-order valence-electron chi connectivity index (χ4n) is 1.98. The minimum atomic E-state index is 0.280. The van der Waals surface area contributed by atoms with E-state index in [-0.39, 0.29) is 6.04 Å². The average molecular weight is 206 g/mol. The normalized spacial score (nSPS) is 23.0. The van der Waals surface area contributed by atoms with Crippen molar-refractivity contribution in [1.82, 2.24) is 20.2 Å². The van der Waals surface area contributed by atoms with Gasteiger partial charge in [-0.05, 0) is 27.0 Å². The van der Waals surface area contributed by atoms with E-state index >= 15 is 0 Å².